The maximum Gasteiger partial charge on any atom is 0.303 e. The summed E-state index contributed by atoms with van der Waals surface area (Å²) in [5.74, 6) is 0.0734. The fourth-order valence-corrected chi connectivity index (χ4v) is 3.10. The molecule has 0 unspecified atom stereocenters. The van der Waals surface area contributed by atoms with Gasteiger partial charge in [-0.3, -0.25) is 4.79 Å². The minimum Gasteiger partial charge on any atom is -0.481 e. The molecule has 2 heterocycles. The van der Waals surface area contributed by atoms with Crippen molar-refractivity contribution in [3.05, 3.63) is 12.1 Å². The van der Waals surface area contributed by atoms with E-state index in [4.69, 9.17) is 4.52 Å². The summed E-state index contributed by atoms with van der Waals surface area (Å²) in [5.41, 5.74) is 0.249. The Balaban J connectivity index is 1.78. The van der Waals surface area contributed by atoms with E-state index in [0.29, 0.717) is 23.8 Å². The van der Waals surface area contributed by atoms with Crippen LogP contribution < -0.4 is 0 Å². The lowest BCUT2D eigenvalue weighted by molar-refractivity contribution is -0.140. The van der Waals surface area contributed by atoms with Gasteiger partial charge in [-0.1, -0.05) is 24.4 Å². The molecule has 21 heavy (non-hydrogen) atoms. The van der Waals surface area contributed by atoms with Crippen LogP contribution in [0.15, 0.2) is 10.7 Å². The third kappa shape index (κ3) is 3.09. The lowest BCUT2D eigenvalue weighted by Crippen LogP contribution is -2.29. The second kappa shape index (κ2) is 5.63. The second-order valence-corrected chi connectivity index (χ2v) is 5.67. The van der Waals surface area contributed by atoms with Gasteiger partial charge < -0.3 is 9.63 Å². The number of hydrogen-bond donors (Lipinski definition) is 2. The fraction of sp³-hybridized carbons (Fsp3) is 0.615. The van der Waals surface area contributed by atoms with Crippen LogP contribution in [0.3, 0.4) is 0 Å². The van der Waals surface area contributed by atoms with Crippen molar-refractivity contribution in [1.29, 1.82) is 0 Å². The van der Waals surface area contributed by atoms with E-state index in [1.165, 1.54) is 6.20 Å². The summed E-state index contributed by atoms with van der Waals surface area (Å²) in [7, 11) is 0. The highest BCUT2D eigenvalue weighted by molar-refractivity contribution is 5.67. The van der Waals surface area contributed by atoms with Gasteiger partial charge in [0.05, 0.1) is 12.6 Å². The van der Waals surface area contributed by atoms with E-state index in [1.807, 2.05) is 0 Å². The van der Waals surface area contributed by atoms with Crippen molar-refractivity contribution in [3.63, 3.8) is 0 Å². The van der Waals surface area contributed by atoms with Crippen molar-refractivity contribution in [1.82, 2.24) is 25.6 Å². The standard InChI is InChI=1S/C13H17N5O3/c19-11(20)7-13(4-2-1-3-5-13)6-10-15-12(17-21-10)9-8-14-18-16-9/h8H,1-7H2,(H,19,20)(H,14,16,18). The van der Waals surface area contributed by atoms with Crippen molar-refractivity contribution in [2.45, 2.75) is 44.9 Å². The molecule has 0 radical (unpaired) electrons. The minimum atomic E-state index is -0.770. The van der Waals surface area contributed by atoms with Crippen LogP contribution in [0.2, 0.25) is 0 Å². The van der Waals surface area contributed by atoms with Crippen LogP contribution in [-0.2, 0) is 11.2 Å². The van der Waals surface area contributed by atoms with Gasteiger partial charge in [0.2, 0.25) is 11.7 Å². The number of aliphatic carboxylic acids is 1. The summed E-state index contributed by atoms with van der Waals surface area (Å²) in [4.78, 5) is 15.5. The average Bonchev–Trinajstić information content (AvgIpc) is 3.09. The van der Waals surface area contributed by atoms with E-state index in [0.717, 1.165) is 32.1 Å². The number of aromatic amines is 1. The lowest BCUT2D eigenvalue weighted by Gasteiger charge is -2.34. The van der Waals surface area contributed by atoms with Crippen molar-refractivity contribution in [3.8, 4) is 11.5 Å². The Kier molecular flexibility index (Phi) is 3.68. The molecule has 1 aliphatic carbocycles. The number of carboxylic acids is 1. The molecule has 0 aliphatic heterocycles. The first-order chi connectivity index (χ1) is 10.2. The van der Waals surface area contributed by atoms with Gasteiger partial charge in [-0.2, -0.15) is 20.4 Å². The maximum atomic E-state index is 11.2. The van der Waals surface area contributed by atoms with Crippen LogP contribution in [0, 0.1) is 5.41 Å². The maximum absolute atomic E-state index is 11.2. The molecule has 1 fully saturated rings. The molecule has 1 saturated carbocycles. The topological polar surface area (TPSA) is 118 Å². The monoisotopic (exact) mass is 291 g/mol. The average molecular weight is 291 g/mol. The van der Waals surface area contributed by atoms with Gasteiger partial charge in [0, 0.05) is 6.42 Å². The molecule has 8 nitrogen and oxygen atoms in total. The number of nitrogens with zero attached hydrogens (tertiary/aromatic N) is 4. The highest BCUT2D eigenvalue weighted by Gasteiger charge is 2.36. The Bertz CT molecular complexity index is 601. The summed E-state index contributed by atoms with van der Waals surface area (Å²) < 4.78 is 5.26. The van der Waals surface area contributed by atoms with Crippen LogP contribution in [0.1, 0.15) is 44.4 Å². The molecule has 0 aromatic carbocycles. The van der Waals surface area contributed by atoms with Crippen molar-refractivity contribution in [2.75, 3.05) is 0 Å². The van der Waals surface area contributed by atoms with Gasteiger partial charge >= 0.3 is 5.97 Å². The third-order valence-corrected chi connectivity index (χ3v) is 4.08. The summed E-state index contributed by atoms with van der Waals surface area (Å²) in [6, 6.07) is 0. The molecular formula is C13H17N5O3. The van der Waals surface area contributed by atoms with Crippen LogP contribution in [-0.4, -0.2) is 36.6 Å². The summed E-state index contributed by atoms with van der Waals surface area (Å²) in [6.07, 6.45) is 7.22. The Labute approximate surface area is 120 Å². The molecule has 0 amide bonds. The summed E-state index contributed by atoms with van der Waals surface area (Å²) in [6.45, 7) is 0. The minimum absolute atomic E-state index is 0.147. The zero-order valence-corrected chi connectivity index (χ0v) is 11.6. The number of rotatable bonds is 5. The van der Waals surface area contributed by atoms with E-state index in [1.54, 1.807) is 0 Å². The smallest absolute Gasteiger partial charge is 0.303 e. The van der Waals surface area contributed by atoms with Crippen LogP contribution >= 0.6 is 0 Å². The molecule has 2 aromatic rings. The van der Waals surface area contributed by atoms with Gasteiger partial charge in [0.1, 0.15) is 0 Å². The van der Waals surface area contributed by atoms with Gasteiger partial charge in [-0.25, -0.2) is 0 Å². The van der Waals surface area contributed by atoms with E-state index in [9.17, 15) is 9.90 Å². The van der Waals surface area contributed by atoms with E-state index >= 15 is 0 Å². The van der Waals surface area contributed by atoms with Gasteiger partial charge in [-0.15, -0.1) is 0 Å². The van der Waals surface area contributed by atoms with Crippen molar-refractivity contribution >= 4 is 5.97 Å². The SMILES string of the molecule is O=C(O)CC1(Cc2nc(-c3cn[nH]n3)no2)CCCCC1. The predicted octanol–water partition coefficient (Wildman–Crippen LogP) is 1.82. The van der Waals surface area contributed by atoms with Crippen LogP contribution in [0.4, 0.5) is 0 Å². The number of aromatic nitrogens is 5. The Morgan fingerprint density at radius 2 is 2.19 bits per heavy atom. The quantitative estimate of drug-likeness (QED) is 0.862. The molecule has 8 heteroatoms. The van der Waals surface area contributed by atoms with Crippen molar-refractivity contribution in [2.24, 2.45) is 5.41 Å². The Morgan fingerprint density at radius 1 is 1.38 bits per heavy atom. The van der Waals surface area contributed by atoms with Crippen LogP contribution in [0.25, 0.3) is 11.5 Å². The first-order valence-electron chi connectivity index (χ1n) is 7.07. The normalized spacial score (nSPS) is 17.7. The third-order valence-electron chi connectivity index (χ3n) is 4.08. The highest BCUT2D eigenvalue weighted by atomic mass is 16.5. The number of hydrogen-bond acceptors (Lipinski definition) is 6. The highest BCUT2D eigenvalue weighted by Crippen LogP contribution is 2.42. The Hall–Kier alpha value is -2.25. The molecule has 0 spiro atoms. The number of nitrogens with one attached hydrogen (secondary N) is 1. The van der Waals surface area contributed by atoms with Gasteiger partial charge in [0.15, 0.2) is 5.69 Å². The Morgan fingerprint density at radius 3 is 2.86 bits per heavy atom. The largest absolute Gasteiger partial charge is 0.481 e. The molecule has 2 aromatic heterocycles. The van der Waals surface area contributed by atoms with Gasteiger partial charge in [-0.05, 0) is 18.3 Å². The predicted molar refractivity (Wildman–Crippen MR) is 71.1 cm³/mol. The molecule has 3 rings (SSSR count). The number of carboxylic acid groups (broad SMARTS) is 1. The molecule has 2 N–H and O–H groups in total. The zero-order valence-electron chi connectivity index (χ0n) is 11.6. The fourth-order valence-electron chi connectivity index (χ4n) is 3.10. The number of H-pyrrole nitrogens is 1. The first kappa shape index (κ1) is 13.7. The van der Waals surface area contributed by atoms with E-state index in [2.05, 4.69) is 25.6 Å². The molecule has 1 aliphatic rings. The zero-order chi connectivity index (χ0) is 14.7. The summed E-state index contributed by atoms with van der Waals surface area (Å²) >= 11 is 0. The van der Waals surface area contributed by atoms with E-state index in [-0.39, 0.29) is 11.8 Å². The first-order valence-corrected chi connectivity index (χ1v) is 7.07. The molecule has 0 bridgehead atoms. The van der Waals surface area contributed by atoms with Crippen LogP contribution in [0.5, 0.6) is 0 Å². The van der Waals surface area contributed by atoms with E-state index < -0.39 is 5.97 Å². The molecule has 0 saturated heterocycles. The number of carbonyl (C=O) groups is 1. The van der Waals surface area contributed by atoms with Crippen molar-refractivity contribution < 1.29 is 14.4 Å². The second-order valence-electron chi connectivity index (χ2n) is 5.67. The molecule has 0 atom stereocenters. The molecule has 112 valence electrons. The summed E-state index contributed by atoms with van der Waals surface area (Å²) in [5, 5.41) is 23.1. The van der Waals surface area contributed by atoms with Gasteiger partial charge in [0.25, 0.3) is 0 Å². The molecular weight excluding hydrogens is 274 g/mol. The lowest BCUT2D eigenvalue weighted by atomic mass is 9.69.